The van der Waals surface area contributed by atoms with E-state index in [1.807, 2.05) is 11.8 Å². The van der Waals surface area contributed by atoms with Crippen LogP contribution in [0.25, 0.3) is 0 Å². The largest absolute Gasteiger partial charge is 0.480 e. The fourth-order valence-corrected chi connectivity index (χ4v) is 4.13. The van der Waals surface area contributed by atoms with Gasteiger partial charge >= 0.3 is 12.0 Å². The van der Waals surface area contributed by atoms with Gasteiger partial charge < -0.3 is 20.4 Å². The molecule has 20 heavy (non-hydrogen) atoms. The zero-order valence-corrected chi connectivity index (χ0v) is 12.4. The Balaban J connectivity index is 1.87. The smallest absolute Gasteiger partial charge is 0.326 e. The second-order valence-electron chi connectivity index (χ2n) is 5.43. The number of urea groups is 1. The van der Waals surface area contributed by atoms with Gasteiger partial charge in [0, 0.05) is 24.3 Å². The molecule has 2 aliphatic rings. The summed E-state index contributed by atoms with van der Waals surface area (Å²) in [4.78, 5) is 24.5. The van der Waals surface area contributed by atoms with Crippen molar-refractivity contribution in [1.29, 1.82) is 0 Å². The minimum absolute atomic E-state index is 0.0999. The molecule has 0 radical (unpaired) electrons. The van der Waals surface area contributed by atoms with Crippen molar-refractivity contribution in [3.05, 3.63) is 0 Å². The topological polar surface area (TPSA) is 89.9 Å². The van der Waals surface area contributed by atoms with Crippen LogP contribution in [0.1, 0.15) is 32.6 Å². The first-order valence-electron chi connectivity index (χ1n) is 7.10. The summed E-state index contributed by atoms with van der Waals surface area (Å²) >= 11 is 1.91. The Morgan fingerprint density at radius 2 is 2.10 bits per heavy atom. The highest BCUT2D eigenvalue weighted by molar-refractivity contribution is 7.99. The van der Waals surface area contributed by atoms with E-state index >= 15 is 0 Å². The van der Waals surface area contributed by atoms with E-state index in [-0.39, 0.29) is 25.0 Å². The Labute approximate surface area is 122 Å². The van der Waals surface area contributed by atoms with Gasteiger partial charge in [-0.2, -0.15) is 11.8 Å². The first kappa shape index (κ1) is 15.4. The minimum Gasteiger partial charge on any atom is -0.480 e. The third-order valence-corrected chi connectivity index (χ3v) is 5.17. The van der Waals surface area contributed by atoms with Crippen molar-refractivity contribution in [2.24, 2.45) is 0 Å². The highest BCUT2D eigenvalue weighted by Crippen LogP contribution is 2.30. The molecule has 1 saturated carbocycles. The van der Waals surface area contributed by atoms with Gasteiger partial charge in [-0.25, -0.2) is 9.59 Å². The molecule has 0 aromatic rings. The summed E-state index contributed by atoms with van der Waals surface area (Å²) in [5, 5.41) is 22.1. The zero-order valence-electron chi connectivity index (χ0n) is 11.6. The molecule has 0 aromatic heterocycles. The van der Waals surface area contributed by atoms with Crippen molar-refractivity contribution in [3.63, 3.8) is 0 Å². The number of carbonyl (C=O) groups is 2. The number of carboxylic acid groups (broad SMARTS) is 1. The summed E-state index contributed by atoms with van der Waals surface area (Å²) in [6.45, 7) is 2.22. The maximum absolute atomic E-state index is 12.2. The Morgan fingerprint density at radius 1 is 1.35 bits per heavy atom. The van der Waals surface area contributed by atoms with E-state index in [0.717, 1.165) is 25.0 Å². The number of likely N-dealkylation sites (tertiary alicyclic amines) is 1. The van der Waals surface area contributed by atoms with Crippen molar-refractivity contribution in [3.8, 4) is 0 Å². The summed E-state index contributed by atoms with van der Waals surface area (Å²) in [5.74, 6) is 0.0209. The number of nitrogens with zero attached hydrogens (tertiary/aromatic N) is 1. The van der Waals surface area contributed by atoms with Crippen LogP contribution in [0, 0.1) is 0 Å². The van der Waals surface area contributed by atoms with E-state index in [9.17, 15) is 14.7 Å². The number of aliphatic hydroxyl groups excluding tert-OH is 1. The molecule has 1 heterocycles. The molecule has 2 amide bonds. The quantitative estimate of drug-likeness (QED) is 0.717. The first-order valence-corrected chi connectivity index (χ1v) is 8.15. The molecule has 2 unspecified atom stereocenters. The maximum Gasteiger partial charge on any atom is 0.326 e. The van der Waals surface area contributed by atoms with Crippen LogP contribution < -0.4 is 5.32 Å². The van der Waals surface area contributed by atoms with Gasteiger partial charge in [0.05, 0.1) is 6.10 Å². The van der Waals surface area contributed by atoms with Crippen LogP contribution in [0.4, 0.5) is 4.79 Å². The minimum atomic E-state index is -1.05. The summed E-state index contributed by atoms with van der Waals surface area (Å²) in [6.07, 6.45) is 2.35. The summed E-state index contributed by atoms with van der Waals surface area (Å²) in [6, 6.07) is -1.15. The fourth-order valence-electron chi connectivity index (χ4n) is 2.99. The van der Waals surface area contributed by atoms with E-state index in [2.05, 4.69) is 12.2 Å². The lowest BCUT2D eigenvalue weighted by atomic mass is 10.2. The van der Waals surface area contributed by atoms with Crippen LogP contribution in [0.3, 0.4) is 0 Å². The number of hydrogen-bond donors (Lipinski definition) is 3. The number of carbonyl (C=O) groups excluding carboxylic acids is 1. The predicted molar refractivity (Wildman–Crippen MR) is 76.8 cm³/mol. The molecule has 2 rings (SSSR count). The number of aliphatic carboxylic acids is 1. The van der Waals surface area contributed by atoms with Gasteiger partial charge in [0.1, 0.15) is 6.04 Å². The van der Waals surface area contributed by atoms with Gasteiger partial charge in [-0.15, -0.1) is 0 Å². The molecule has 2 fully saturated rings. The molecule has 4 atom stereocenters. The zero-order chi connectivity index (χ0) is 14.7. The Morgan fingerprint density at radius 3 is 2.75 bits per heavy atom. The lowest BCUT2D eigenvalue weighted by molar-refractivity contribution is -0.141. The molecule has 0 bridgehead atoms. The van der Waals surface area contributed by atoms with Crippen molar-refractivity contribution in [2.45, 2.75) is 56.0 Å². The van der Waals surface area contributed by atoms with Crippen LogP contribution in [0.5, 0.6) is 0 Å². The van der Waals surface area contributed by atoms with E-state index in [1.165, 1.54) is 4.90 Å². The van der Waals surface area contributed by atoms with Gasteiger partial charge in [-0.1, -0.05) is 6.92 Å². The summed E-state index contributed by atoms with van der Waals surface area (Å²) in [7, 11) is 0. The number of amides is 2. The van der Waals surface area contributed by atoms with Gasteiger partial charge in [-0.05, 0) is 25.0 Å². The Kier molecular flexibility index (Phi) is 5.15. The summed E-state index contributed by atoms with van der Waals surface area (Å²) < 4.78 is 0. The number of β-amino-alcohol motifs (C(OH)–C–C–N with tert-alkyl or cyclic N) is 1. The van der Waals surface area contributed by atoms with Crippen LogP contribution in [0.2, 0.25) is 0 Å². The monoisotopic (exact) mass is 302 g/mol. The first-order chi connectivity index (χ1) is 9.51. The van der Waals surface area contributed by atoms with Gasteiger partial charge in [0.25, 0.3) is 0 Å². The number of rotatable bonds is 4. The van der Waals surface area contributed by atoms with Crippen molar-refractivity contribution in [1.82, 2.24) is 10.2 Å². The van der Waals surface area contributed by atoms with E-state index in [1.54, 1.807) is 0 Å². The SMILES string of the molecule is CCSC1CCC(NC(=O)N2C[C@H](O)C[C@@H]2C(=O)O)C1. The van der Waals surface area contributed by atoms with Crippen LogP contribution in [-0.2, 0) is 4.79 Å². The molecular formula is C13H22N2O4S. The molecular weight excluding hydrogens is 280 g/mol. The predicted octanol–water partition coefficient (Wildman–Crippen LogP) is 0.890. The van der Waals surface area contributed by atoms with Gasteiger partial charge in [0.15, 0.2) is 0 Å². The number of nitrogens with one attached hydrogen (secondary N) is 1. The molecule has 6 nitrogen and oxygen atoms in total. The van der Waals surface area contributed by atoms with E-state index in [4.69, 9.17) is 5.11 Å². The lowest BCUT2D eigenvalue weighted by Gasteiger charge is -2.24. The number of carboxylic acids is 1. The van der Waals surface area contributed by atoms with Crippen molar-refractivity contribution in [2.75, 3.05) is 12.3 Å². The molecule has 3 N–H and O–H groups in total. The number of aliphatic hydroxyl groups is 1. The highest BCUT2D eigenvalue weighted by atomic mass is 32.2. The summed E-state index contributed by atoms with van der Waals surface area (Å²) in [5.41, 5.74) is 0. The highest BCUT2D eigenvalue weighted by Gasteiger charge is 2.40. The molecule has 7 heteroatoms. The van der Waals surface area contributed by atoms with Crippen LogP contribution >= 0.6 is 11.8 Å². The standard InChI is InChI=1S/C13H22N2O4S/c1-2-20-10-4-3-8(5-10)14-13(19)15-7-9(16)6-11(15)12(17)18/h8-11,16H,2-7H2,1H3,(H,14,19)(H,17,18)/t8?,9-,10?,11-/m1/s1. The number of thioether (sulfide) groups is 1. The molecule has 0 aromatic carbocycles. The second kappa shape index (κ2) is 6.67. The normalized spacial score (nSPS) is 33.4. The average Bonchev–Trinajstić information content (AvgIpc) is 2.96. The Hall–Kier alpha value is -0.950. The van der Waals surface area contributed by atoms with E-state index in [0.29, 0.717) is 5.25 Å². The maximum atomic E-state index is 12.2. The molecule has 114 valence electrons. The molecule has 0 spiro atoms. The van der Waals surface area contributed by atoms with Gasteiger partial charge in [-0.3, -0.25) is 0 Å². The number of hydrogen-bond acceptors (Lipinski definition) is 4. The van der Waals surface area contributed by atoms with Crippen LogP contribution in [0.15, 0.2) is 0 Å². The second-order valence-corrected chi connectivity index (χ2v) is 7.01. The van der Waals surface area contributed by atoms with Crippen LogP contribution in [-0.4, -0.2) is 62.8 Å². The third-order valence-electron chi connectivity index (χ3n) is 3.94. The molecule has 1 aliphatic heterocycles. The Bertz CT molecular complexity index is 379. The van der Waals surface area contributed by atoms with Gasteiger partial charge in [0.2, 0.25) is 0 Å². The fraction of sp³-hybridized carbons (Fsp3) is 0.846. The van der Waals surface area contributed by atoms with E-state index < -0.39 is 18.1 Å². The molecule has 1 aliphatic carbocycles. The average molecular weight is 302 g/mol. The lowest BCUT2D eigenvalue weighted by Crippen LogP contribution is -2.48. The third kappa shape index (κ3) is 3.58. The van der Waals surface area contributed by atoms with Crippen molar-refractivity contribution >= 4 is 23.8 Å². The molecule has 1 saturated heterocycles. The van der Waals surface area contributed by atoms with Crippen molar-refractivity contribution < 1.29 is 19.8 Å².